The fraction of sp³-hybridized carbons (Fsp3) is 0.200. The Labute approximate surface area is 188 Å². The fourth-order valence-electron chi connectivity index (χ4n) is 4.66. The highest BCUT2D eigenvalue weighted by molar-refractivity contribution is 7.92. The monoisotopic (exact) mass is 450 g/mol. The van der Waals surface area contributed by atoms with Crippen molar-refractivity contribution in [2.24, 2.45) is 5.92 Å². The molecule has 3 aromatic rings. The minimum Gasteiger partial charge on any atom is -0.378 e. The van der Waals surface area contributed by atoms with Crippen molar-refractivity contribution in [2.75, 3.05) is 10.0 Å². The van der Waals surface area contributed by atoms with Gasteiger partial charge in [0.1, 0.15) is 0 Å². The normalized spacial score (nSPS) is 21.8. The molecule has 6 heteroatoms. The van der Waals surface area contributed by atoms with E-state index in [1.807, 2.05) is 55.5 Å². The fourth-order valence-corrected chi connectivity index (χ4v) is 6.03. The summed E-state index contributed by atoms with van der Waals surface area (Å²) in [6.07, 6.45) is 5.33. The van der Waals surface area contributed by atoms with Crippen LogP contribution >= 0.6 is 11.6 Å². The van der Waals surface area contributed by atoms with Crippen molar-refractivity contribution in [3.8, 4) is 0 Å². The van der Waals surface area contributed by atoms with E-state index in [1.54, 1.807) is 12.1 Å². The molecule has 1 heterocycles. The van der Waals surface area contributed by atoms with E-state index in [2.05, 4.69) is 28.3 Å². The predicted molar refractivity (Wildman–Crippen MR) is 126 cm³/mol. The topological polar surface area (TPSA) is 58.2 Å². The van der Waals surface area contributed by atoms with E-state index in [4.69, 9.17) is 11.6 Å². The molecule has 0 saturated carbocycles. The lowest BCUT2D eigenvalue weighted by Gasteiger charge is -2.37. The molecule has 158 valence electrons. The number of hydrogen-bond acceptors (Lipinski definition) is 3. The SMILES string of the molecule is Cc1ccccc1NS(=O)(=O)c1ccc2c(c1)[C@H]1C=CC[C@H]1[C@@H](c1cccc(Cl)c1)N2. The largest absolute Gasteiger partial charge is 0.378 e. The highest BCUT2D eigenvalue weighted by Crippen LogP contribution is 2.50. The van der Waals surface area contributed by atoms with Gasteiger partial charge in [0.15, 0.2) is 0 Å². The molecule has 1 aliphatic carbocycles. The number of sulfonamides is 1. The third-order valence-corrected chi connectivity index (χ3v) is 7.84. The highest BCUT2D eigenvalue weighted by atomic mass is 35.5. The van der Waals surface area contributed by atoms with Gasteiger partial charge in [-0.05, 0) is 72.4 Å². The lowest BCUT2D eigenvalue weighted by molar-refractivity contribution is 0.425. The van der Waals surface area contributed by atoms with E-state index in [0.717, 1.165) is 33.8 Å². The summed E-state index contributed by atoms with van der Waals surface area (Å²) in [6.45, 7) is 1.89. The van der Waals surface area contributed by atoms with Crippen molar-refractivity contribution in [3.63, 3.8) is 0 Å². The third-order valence-electron chi connectivity index (χ3n) is 6.24. The molecule has 4 nitrogen and oxygen atoms in total. The standard InChI is InChI=1S/C25H23ClN2O2S/c1-16-6-2-3-11-23(16)28-31(29,30)19-12-13-24-22(15-19)20-9-5-10-21(20)25(27-24)17-7-4-8-18(26)14-17/h2-9,11-15,20-21,25,27-28H,10H2,1H3/t20-,21+,25+/m0/s1. The van der Waals surface area contributed by atoms with Crippen LogP contribution in [0.4, 0.5) is 11.4 Å². The molecule has 5 rings (SSSR count). The number of anilines is 2. The molecule has 0 bridgehead atoms. The Hall–Kier alpha value is -2.76. The quantitative estimate of drug-likeness (QED) is 0.460. The van der Waals surface area contributed by atoms with Crippen molar-refractivity contribution >= 4 is 33.0 Å². The molecule has 2 aliphatic rings. The molecule has 31 heavy (non-hydrogen) atoms. The average molecular weight is 451 g/mol. The van der Waals surface area contributed by atoms with E-state index in [1.165, 1.54) is 0 Å². The summed E-state index contributed by atoms with van der Waals surface area (Å²) < 4.78 is 28.9. The highest BCUT2D eigenvalue weighted by Gasteiger charge is 2.38. The van der Waals surface area contributed by atoms with Gasteiger partial charge in [0.2, 0.25) is 0 Å². The minimum absolute atomic E-state index is 0.124. The number of para-hydroxylation sites is 1. The van der Waals surface area contributed by atoms with Crippen LogP contribution in [-0.4, -0.2) is 8.42 Å². The van der Waals surface area contributed by atoms with Crippen molar-refractivity contribution in [1.29, 1.82) is 0 Å². The number of aryl methyl sites for hydroxylation is 1. The number of halogens is 1. The van der Waals surface area contributed by atoms with Gasteiger partial charge in [-0.2, -0.15) is 0 Å². The summed E-state index contributed by atoms with van der Waals surface area (Å²) in [5.74, 6) is 0.474. The molecule has 3 atom stereocenters. The summed E-state index contributed by atoms with van der Waals surface area (Å²) in [6, 6.07) is 20.8. The minimum atomic E-state index is -3.69. The van der Waals surface area contributed by atoms with Gasteiger partial charge < -0.3 is 5.32 Å². The van der Waals surface area contributed by atoms with Crippen molar-refractivity contribution < 1.29 is 8.42 Å². The first-order valence-electron chi connectivity index (χ1n) is 10.3. The lowest BCUT2D eigenvalue weighted by Crippen LogP contribution is -2.29. The number of benzene rings is 3. The maximum Gasteiger partial charge on any atom is 0.261 e. The maximum atomic E-state index is 13.1. The molecule has 0 amide bonds. The van der Waals surface area contributed by atoms with Crippen molar-refractivity contribution in [3.05, 3.63) is 101 Å². The van der Waals surface area contributed by atoms with Crippen LogP contribution in [0.2, 0.25) is 5.02 Å². The van der Waals surface area contributed by atoms with E-state index < -0.39 is 10.0 Å². The third kappa shape index (κ3) is 3.73. The molecule has 0 spiro atoms. The Morgan fingerprint density at radius 2 is 1.87 bits per heavy atom. The van der Waals surface area contributed by atoms with E-state index >= 15 is 0 Å². The van der Waals surface area contributed by atoms with Crippen molar-refractivity contribution in [2.45, 2.75) is 30.2 Å². The zero-order valence-electron chi connectivity index (χ0n) is 17.0. The van der Waals surface area contributed by atoms with Crippen LogP contribution < -0.4 is 10.0 Å². The van der Waals surface area contributed by atoms with Gasteiger partial charge in [-0.3, -0.25) is 4.72 Å². The van der Waals surface area contributed by atoms with E-state index in [0.29, 0.717) is 11.6 Å². The van der Waals surface area contributed by atoms with Gasteiger partial charge in [0.25, 0.3) is 10.0 Å². The van der Waals surface area contributed by atoms with Crippen LogP contribution in [0.15, 0.2) is 83.8 Å². The van der Waals surface area contributed by atoms with Gasteiger partial charge >= 0.3 is 0 Å². The summed E-state index contributed by atoms with van der Waals surface area (Å²) >= 11 is 6.24. The maximum absolute atomic E-state index is 13.1. The lowest BCUT2D eigenvalue weighted by atomic mass is 9.77. The Kier molecular flexibility index (Phi) is 5.03. The zero-order chi connectivity index (χ0) is 21.6. The number of fused-ring (bicyclic) bond motifs is 3. The Balaban J connectivity index is 1.51. The van der Waals surface area contributed by atoms with E-state index in [9.17, 15) is 8.42 Å². The number of rotatable bonds is 4. The summed E-state index contributed by atoms with van der Waals surface area (Å²) in [5, 5.41) is 4.35. The van der Waals surface area contributed by atoms with Gasteiger partial charge in [0, 0.05) is 16.6 Å². The van der Waals surface area contributed by atoms with Crippen LogP contribution in [0.5, 0.6) is 0 Å². The molecular formula is C25H23ClN2O2S. The number of nitrogens with one attached hydrogen (secondary N) is 2. The van der Waals surface area contributed by atoms with Gasteiger partial charge in [-0.1, -0.05) is 54.1 Å². The molecule has 0 fully saturated rings. The smallest absolute Gasteiger partial charge is 0.261 e. The Morgan fingerprint density at radius 1 is 1.03 bits per heavy atom. The second-order valence-corrected chi connectivity index (χ2v) is 10.3. The van der Waals surface area contributed by atoms with Gasteiger partial charge in [-0.25, -0.2) is 8.42 Å². The molecule has 0 radical (unpaired) electrons. The first-order valence-corrected chi connectivity index (χ1v) is 12.2. The van der Waals surface area contributed by atoms with Crippen molar-refractivity contribution in [1.82, 2.24) is 0 Å². The van der Waals surface area contributed by atoms with E-state index in [-0.39, 0.29) is 16.9 Å². The first-order chi connectivity index (χ1) is 14.9. The molecule has 3 aromatic carbocycles. The Bertz CT molecular complexity index is 1290. The summed E-state index contributed by atoms with van der Waals surface area (Å²) in [4.78, 5) is 0.275. The van der Waals surface area contributed by atoms with Gasteiger partial charge in [0.05, 0.1) is 16.6 Å². The van der Waals surface area contributed by atoms with Gasteiger partial charge in [-0.15, -0.1) is 0 Å². The molecule has 2 N–H and O–H groups in total. The first kappa shape index (κ1) is 20.2. The number of hydrogen-bond donors (Lipinski definition) is 2. The predicted octanol–water partition coefficient (Wildman–Crippen LogP) is 6.28. The molecular weight excluding hydrogens is 428 g/mol. The number of allylic oxidation sites excluding steroid dienone is 2. The second-order valence-electron chi connectivity index (χ2n) is 8.20. The van der Waals surface area contributed by atoms with Crippen LogP contribution in [0.25, 0.3) is 0 Å². The second kappa shape index (κ2) is 7.74. The molecule has 0 aromatic heterocycles. The molecule has 1 aliphatic heterocycles. The summed E-state index contributed by atoms with van der Waals surface area (Å²) in [7, 11) is -3.69. The summed E-state index contributed by atoms with van der Waals surface area (Å²) in [5.41, 5.74) is 4.61. The van der Waals surface area contributed by atoms with Crippen LogP contribution in [0, 0.1) is 12.8 Å². The van der Waals surface area contributed by atoms with Crippen LogP contribution in [-0.2, 0) is 10.0 Å². The van der Waals surface area contributed by atoms with Crippen LogP contribution in [0.1, 0.15) is 35.1 Å². The zero-order valence-corrected chi connectivity index (χ0v) is 18.6. The molecule has 0 saturated heterocycles. The Morgan fingerprint density at radius 3 is 2.68 bits per heavy atom. The molecule has 0 unspecified atom stereocenters. The average Bonchev–Trinajstić information content (AvgIpc) is 3.24. The van der Waals surface area contributed by atoms with Crippen LogP contribution in [0.3, 0.4) is 0 Å².